The highest BCUT2D eigenvalue weighted by atomic mass is 79.9. The minimum absolute atomic E-state index is 0.0192. The first-order valence-corrected chi connectivity index (χ1v) is 8.93. The molecule has 0 spiro atoms. The van der Waals surface area contributed by atoms with Crippen molar-refractivity contribution in [3.63, 3.8) is 0 Å². The van der Waals surface area contributed by atoms with Gasteiger partial charge in [0.2, 0.25) is 5.78 Å². The van der Waals surface area contributed by atoms with Gasteiger partial charge in [0, 0.05) is 10.7 Å². The van der Waals surface area contributed by atoms with Crippen LogP contribution in [0, 0.1) is 0 Å². The first kappa shape index (κ1) is 17.9. The van der Waals surface area contributed by atoms with Crippen molar-refractivity contribution in [3.05, 3.63) is 81.6 Å². The van der Waals surface area contributed by atoms with Gasteiger partial charge in [-0.15, -0.1) is 0 Å². The van der Waals surface area contributed by atoms with Gasteiger partial charge in [0.15, 0.2) is 0 Å². The number of benzene rings is 2. The quantitative estimate of drug-likeness (QED) is 0.255. The van der Waals surface area contributed by atoms with E-state index in [1.807, 2.05) is 6.07 Å². The molecule has 0 radical (unpaired) electrons. The van der Waals surface area contributed by atoms with Gasteiger partial charge in [0.25, 0.3) is 5.91 Å². The summed E-state index contributed by atoms with van der Waals surface area (Å²) in [4.78, 5) is 50.3. The van der Waals surface area contributed by atoms with Crippen LogP contribution in [-0.4, -0.2) is 28.6 Å². The number of halogens is 1. The van der Waals surface area contributed by atoms with Gasteiger partial charge in [-0.3, -0.25) is 9.59 Å². The molecule has 0 aliphatic carbocycles. The first-order chi connectivity index (χ1) is 13.5. The van der Waals surface area contributed by atoms with E-state index in [0.717, 1.165) is 10.7 Å². The molecule has 3 amide bonds. The second kappa shape index (κ2) is 6.90. The third-order valence-electron chi connectivity index (χ3n) is 4.17. The van der Waals surface area contributed by atoms with Crippen molar-refractivity contribution in [1.29, 1.82) is 0 Å². The zero-order valence-electron chi connectivity index (χ0n) is 14.1. The Bertz CT molecular complexity index is 1120. The molecule has 2 aliphatic rings. The Balaban J connectivity index is 1.68. The van der Waals surface area contributed by atoms with Crippen LogP contribution in [0.5, 0.6) is 5.75 Å². The van der Waals surface area contributed by atoms with Gasteiger partial charge in [-0.05, 0) is 29.8 Å². The van der Waals surface area contributed by atoms with E-state index in [0.29, 0.717) is 10.5 Å². The van der Waals surface area contributed by atoms with Crippen LogP contribution >= 0.6 is 15.9 Å². The Morgan fingerprint density at radius 1 is 0.964 bits per heavy atom. The van der Waals surface area contributed by atoms with E-state index in [1.165, 1.54) is 18.2 Å². The lowest BCUT2D eigenvalue weighted by Gasteiger charge is -2.17. The SMILES string of the molecule is O=C1Oc2ccccc2C(=O)C1=CN1C(=O)NC(=Cc2ccccc2Br)C1=O. The fourth-order valence-corrected chi connectivity index (χ4v) is 3.19. The fraction of sp³-hybridized carbons (Fsp3) is 0. The number of hydrogen-bond acceptors (Lipinski definition) is 5. The van der Waals surface area contributed by atoms with E-state index in [2.05, 4.69) is 21.2 Å². The normalized spacial score (nSPS) is 19.1. The number of carbonyl (C=O) groups is 4. The molecule has 28 heavy (non-hydrogen) atoms. The molecule has 0 unspecified atom stereocenters. The van der Waals surface area contributed by atoms with Gasteiger partial charge in [-0.2, -0.15) is 0 Å². The number of urea groups is 1. The maximum Gasteiger partial charge on any atom is 0.349 e. The van der Waals surface area contributed by atoms with Gasteiger partial charge in [-0.1, -0.05) is 46.3 Å². The molecule has 1 N–H and O–H groups in total. The average molecular weight is 439 g/mol. The third-order valence-corrected chi connectivity index (χ3v) is 4.89. The molecule has 0 aromatic heterocycles. The standard InChI is InChI=1S/C20H11BrN2O5/c21-14-7-3-1-5-11(14)9-15-18(25)23(20(27)22-15)10-13-17(24)12-6-2-4-8-16(12)28-19(13)26/h1-10H,(H,22,27). The summed E-state index contributed by atoms with van der Waals surface area (Å²) in [6.45, 7) is 0. The summed E-state index contributed by atoms with van der Waals surface area (Å²) in [5, 5.41) is 2.44. The minimum atomic E-state index is -0.924. The molecule has 1 saturated heterocycles. The number of hydrogen-bond donors (Lipinski definition) is 1. The number of ketones is 1. The number of imide groups is 1. The van der Waals surface area contributed by atoms with E-state index in [4.69, 9.17) is 4.74 Å². The molecule has 4 rings (SSSR count). The molecule has 8 heteroatoms. The van der Waals surface area contributed by atoms with Crippen LogP contribution in [0.1, 0.15) is 15.9 Å². The van der Waals surface area contributed by atoms with Crippen LogP contribution < -0.4 is 10.1 Å². The number of para-hydroxylation sites is 1. The van der Waals surface area contributed by atoms with Crippen molar-refractivity contribution in [2.75, 3.05) is 0 Å². The van der Waals surface area contributed by atoms with Crippen LogP contribution in [0.15, 0.2) is 70.5 Å². The number of ether oxygens (including phenoxy) is 1. The molecule has 0 bridgehead atoms. The molecule has 2 aliphatic heterocycles. The number of nitrogens with one attached hydrogen (secondary N) is 1. The largest absolute Gasteiger partial charge is 0.422 e. The van der Waals surface area contributed by atoms with Crippen molar-refractivity contribution in [1.82, 2.24) is 10.2 Å². The molecule has 2 aromatic rings. The van der Waals surface area contributed by atoms with E-state index >= 15 is 0 Å². The molecule has 7 nitrogen and oxygen atoms in total. The highest BCUT2D eigenvalue weighted by molar-refractivity contribution is 9.10. The highest BCUT2D eigenvalue weighted by Gasteiger charge is 2.37. The van der Waals surface area contributed by atoms with Crippen LogP contribution in [0.25, 0.3) is 6.08 Å². The summed E-state index contributed by atoms with van der Waals surface area (Å²) in [5.41, 5.74) is 0.488. The molecule has 138 valence electrons. The number of esters is 1. The lowest BCUT2D eigenvalue weighted by atomic mass is 10.0. The van der Waals surface area contributed by atoms with Crippen molar-refractivity contribution in [3.8, 4) is 5.75 Å². The summed E-state index contributed by atoms with van der Waals surface area (Å²) in [6, 6.07) is 12.6. The zero-order valence-corrected chi connectivity index (χ0v) is 15.7. The molecule has 0 saturated carbocycles. The van der Waals surface area contributed by atoms with Gasteiger partial charge in [-0.25, -0.2) is 14.5 Å². The van der Waals surface area contributed by atoms with E-state index in [1.54, 1.807) is 30.3 Å². The van der Waals surface area contributed by atoms with Crippen LogP contribution in [0.3, 0.4) is 0 Å². The molecule has 2 heterocycles. The topological polar surface area (TPSA) is 92.8 Å². The second-order valence-corrected chi connectivity index (χ2v) is 6.80. The molecular weight excluding hydrogens is 428 g/mol. The number of carbonyl (C=O) groups excluding carboxylic acids is 4. The second-order valence-electron chi connectivity index (χ2n) is 5.94. The number of amides is 3. The van der Waals surface area contributed by atoms with Crippen molar-refractivity contribution in [2.24, 2.45) is 0 Å². The molecule has 0 atom stereocenters. The summed E-state index contributed by atoms with van der Waals surface area (Å²) in [5.74, 6) is -2.09. The summed E-state index contributed by atoms with van der Waals surface area (Å²) >= 11 is 3.36. The van der Waals surface area contributed by atoms with E-state index in [9.17, 15) is 19.2 Å². The summed E-state index contributed by atoms with van der Waals surface area (Å²) in [7, 11) is 0. The minimum Gasteiger partial charge on any atom is -0.422 e. The number of Topliss-reactive ketones (excluding diaryl/α,β-unsaturated/α-hetero) is 1. The lowest BCUT2D eigenvalue weighted by molar-refractivity contribution is -0.130. The predicted octanol–water partition coefficient (Wildman–Crippen LogP) is 3.03. The maximum atomic E-state index is 12.6. The third kappa shape index (κ3) is 3.03. The molecule has 1 fully saturated rings. The number of fused-ring (bicyclic) bond motifs is 1. The average Bonchev–Trinajstić information content (AvgIpc) is 2.94. The van der Waals surface area contributed by atoms with Crippen molar-refractivity contribution >= 4 is 45.7 Å². The number of nitrogens with zero attached hydrogens (tertiary/aromatic N) is 1. The highest BCUT2D eigenvalue weighted by Crippen LogP contribution is 2.28. The zero-order chi connectivity index (χ0) is 19.8. The summed E-state index contributed by atoms with van der Waals surface area (Å²) in [6.07, 6.45) is 2.41. The molecular formula is C20H11BrN2O5. The lowest BCUT2D eigenvalue weighted by Crippen LogP contribution is -2.31. The Morgan fingerprint density at radius 2 is 1.68 bits per heavy atom. The van der Waals surface area contributed by atoms with Gasteiger partial charge < -0.3 is 10.1 Å². The van der Waals surface area contributed by atoms with Gasteiger partial charge >= 0.3 is 12.0 Å². The number of rotatable bonds is 2. The van der Waals surface area contributed by atoms with E-state index < -0.39 is 29.3 Å². The van der Waals surface area contributed by atoms with E-state index in [-0.39, 0.29) is 17.0 Å². The Kier molecular flexibility index (Phi) is 4.40. The van der Waals surface area contributed by atoms with Crippen LogP contribution in [0.2, 0.25) is 0 Å². The van der Waals surface area contributed by atoms with Crippen LogP contribution in [0.4, 0.5) is 4.79 Å². The summed E-state index contributed by atoms with van der Waals surface area (Å²) < 4.78 is 5.86. The predicted molar refractivity (Wildman–Crippen MR) is 102 cm³/mol. The molecule has 2 aromatic carbocycles. The Morgan fingerprint density at radius 3 is 2.46 bits per heavy atom. The van der Waals surface area contributed by atoms with Crippen molar-refractivity contribution < 1.29 is 23.9 Å². The monoisotopic (exact) mass is 438 g/mol. The van der Waals surface area contributed by atoms with Gasteiger partial charge in [0.05, 0.1) is 5.56 Å². The van der Waals surface area contributed by atoms with Crippen molar-refractivity contribution in [2.45, 2.75) is 0 Å². The van der Waals surface area contributed by atoms with Crippen LogP contribution in [-0.2, 0) is 9.59 Å². The maximum absolute atomic E-state index is 12.6. The first-order valence-electron chi connectivity index (χ1n) is 8.14. The van der Waals surface area contributed by atoms with Gasteiger partial charge in [0.1, 0.15) is 17.0 Å². The fourth-order valence-electron chi connectivity index (χ4n) is 2.79. The smallest absolute Gasteiger partial charge is 0.349 e. The Labute approximate surface area is 167 Å². The Hall–Kier alpha value is -3.52.